The highest BCUT2D eigenvalue weighted by Crippen LogP contribution is 2.58. The van der Waals surface area contributed by atoms with Gasteiger partial charge < -0.3 is 50.1 Å². The molecule has 340 valence electrons. The van der Waals surface area contributed by atoms with Gasteiger partial charge in [0.15, 0.2) is 22.4 Å². The average Bonchev–Trinajstić information content (AvgIpc) is 3.42. The molecule has 2 fully saturated rings. The third kappa shape index (κ3) is 8.17. The van der Waals surface area contributed by atoms with E-state index in [0.29, 0.717) is 113 Å². The molecule has 0 saturated carbocycles. The van der Waals surface area contributed by atoms with Crippen LogP contribution in [0.4, 0.5) is 11.4 Å². The van der Waals surface area contributed by atoms with Crippen molar-refractivity contribution in [1.29, 1.82) is 0 Å². The number of aromatic hydroxyl groups is 1. The first kappa shape index (κ1) is 44.6. The molecule has 5 aromatic carbocycles. The number of hydrogen-bond acceptors (Lipinski definition) is 15. The second kappa shape index (κ2) is 19.0. The van der Waals surface area contributed by atoms with Gasteiger partial charge in [0.2, 0.25) is 11.8 Å². The number of morpholine rings is 2. The van der Waals surface area contributed by atoms with Crippen molar-refractivity contribution in [2.45, 2.75) is 32.6 Å². The number of methoxy groups -OCH3 is 3. The fraction of sp³-hybridized carbons (Fsp3) is 0.468. The van der Waals surface area contributed by atoms with Crippen molar-refractivity contribution in [3.05, 3.63) is 49.3 Å². The molecule has 0 radical (unpaired) electrons. The Morgan fingerprint density at radius 1 is 0.672 bits per heavy atom. The molecule has 0 spiro atoms. The first-order valence-corrected chi connectivity index (χ1v) is 21.9. The Morgan fingerprint density at radius 3 is 1.67 bits per heavy atom. The summed E-state index contributed by atoms with van der Waals surface area (Å²) in [4.78, 5) is 73.8. The topological polar surface area (TPSA) is 206 Å². The van der Waals surface area contributed by atoms with Crippen LogP contribution in [0.5, 0.6) is 23.0 Å². The summed E-state index contributed by atoms with van der Waals surface area (Å²) in [5, 5.41) is 27.7. The molecule has 2 aliphatic heterocycles. The molecule has 5 N–H and O–H groups in total. The lowest BCUT2D eigenvalue weighted by molar-refractivity contribution is -0.121. The Morgan fingerprint density at radius 2 is 1.17 bits per heavy atom. The number of phenols is 1. The predicted molar refractivity (Wildman–Crippen MR) is 247 cm³/mol. The van der Waals surface area contributed by atoms with E-state index in [1.807, 2.05) is 13.0 Å². The predicted octanol–water partition coefficient (Wildman–Crippen LogP) is 3.22. The standard InChI is InChI=1S/C47H56N6O11/c1-25-22-27-35-40-36(28(55)23-30(60-3)38(40)39-31(61-4)24-29(56)37-42(39)41(35)43(34(25)26(2)54)47(62-5)46(37)59)45(51-9-7-33(58)49-11-13-53-16-20-64-21-17-53)44(27)50-8-6-32(57)48-10-12-52-14-18-63-19-15-52/h22-24,34,50-51,59H,6-21H2,1-5H3,(H,48,57)(H,49,58). The van der Waals surface area contributed by atoms with E-state index in [4.69, 9.17) is 23.7 Å². The van der Waals surface area contributed by atoms with Gasteiger partial charge in [0.05, 0.1) is 75.8 Å². The normalized spacial score (nSPS) is 16.9. The number of nitrogens with zero attached hydrogens (tertiary/aromatic N) is 2. The van der Waals surface area contributed by atoms with Crippen LogP contribution in [0.3, 0.4) is 0 Å². The molecule has 2 amide bonds. The zero-order chi connectivity index (χ0) is 45.2. The highest BCUT2D eigenvalue weighted by molar-refractivity contribution is 6.40. The van der Waals surface area contributed by atoms with Crippen molar-refractivity contribution in [3.63, 3.8) is 0 Å². The second-order valence-corrected chi connectivity index (χ2v) is 16.5. The van der Waals surface area contributed by atoms with Gasteiger partial charge in [0.25, 0.3) is 0 Å². The van der Waals surface area contributed by atoms with Crippen molar-refractivity contribution >= 4 is 78.1 Å². The quantitative estimate of drug-likeness (QED) is 0.0633. The molecular weight excluding hydrogens is 825 g/mol. The van der Waals surface area contributed by atoms with Crippen LogP contribution in [-0.4, -0.2) is 146 Å². The Hall–Kier alpha value is -6.01. The first-order valence-electron chi connectivity index (χ1n) is 21.9. The van der Waals surface area contributed by atoms with Crippen LogP contribution >= 0.6 is 0 Å². The molecule has 5 aromatic rings. The number of allylic oxidation sites excluding steroid dienone is 1. The number of nitrogens with one attached hydrogen (secondary N) is 4. The van der Waals surface area contributed by atoms with Gasteiger partial charge >= 0.3 is 0 Å². The highest BCUT2D eigenvalue weighted by atomic mass is 16.5. The number of anilines is 2. The number of rotatable bonds is 18. The van der Waals surface area contributed by atoms with Crippen LogP contribution in [0.2, 0.25) is 0 Å². The lowest BCUT2D eigenvalue weighted by Crippen LogP contribution is -2.41. The molecule has 1 unspecified atom stereocenters. The summed E-state index contributed by atoms with van der Waals surface area (Å²) in [6.45, 7) is 11.7. The number of phenolic OH excluding ortho intramolecular Hbond substituents is 1. The van der Waals surface area contributed by atoms with Gasteiger partial charge in [-0.1, -0.05) is 11.6 Å². The molecule has 1 aliphatic carbocycles. The maximum Gasteiger partial charge on any atom is 0.221 e. The summed E-state index contributed by atoms with van der Waals surface area (Å²) in [7, 11) is 4.25. The highest BCUT2D eigenvalue weighted by Gasteiger charge is 2.37. The summed E-state index contributed by atoms with van der Waals surface area (Å²) < 4.78 is 28.6. The molecule has 3 aliphatic rings. The van der Waals surface area contributed by atoms with Crippen molar-refractivity contribution in [1.82, 2.24) is 20.4 Å². The second-order valence-electron chi connectivity index (χ2n) is 16.5. The third-order valence-electron chi connectivity index (χ3n) is 12.7. The summed E-state index contributed by atoms with van der Waals surface area (Å²) in [5.74, 6) is -1.63. The molecule has 0 aromatic heterocycles. The lowest BCUT2D eigenvalue weighted by Gasteiger charge is -2.27. The number of ether oxygens (including phenoxy) is 5. The number of carbonyl (C=O) groups excluding carboxylic acids is 3. The van der Waals surface area contributed by atoms with E-state index in [2.05, 4.69) is 31.1 Å². The number of Topliss-reactive ketones (excluding diaryl/α,β-unsaturated/α-hetero) is 1. The van der Waals surface area contributed by atoms with Gasteiger partial charge in [-0.05, 0) is 19.2 Å². The Bertz CT molecular complexity index is 2760. The Balaban J connectivity index is 1.31. The minimum atomic E-state index is -0.946. The summed E-state index contributed by atoms with van der Waals surface area (Å²) in [6.07, 6.45) is 2.03. The largest absolute Gasteiger partial charge is 0.504 e. The molecule has 8 rings (SSSR count). The van der Waals surface area contributed by atoms with Crippen LogP contribution < -0.4 is 46.3 Å². The van der Waals surface area contributed by atoms with Gasteiger partial charge in [0.1, 0.15) is 17.3 Å². The zero-order valence-corrected chi connectivity index (χ0v) is 37.0. The SMILES string of the molecule is COc1c(O)c2c(=O)cc(OC)c3c4c(OC)cc(=O)c5c(NCCC(=O)NCCN6CCOCC6)c(NCCC(=O)NCCN6CCOCC6)c6c(c(c1C(C(C)=O)C(C)=C6)c23)c54. The molecular formula is C47H56N6O11. The van der Waals surface area contributed by atoms with Crippen LogP contribution in [0, 0.1) is 0 Å². The van der Waals surface area contributed by atoms with Gasteiger partial charge in [0, 0.05) is 128 Å². The Kier molecular flexibility index (Phi) is 13.2. The van der Waals surface area contributed by atoms with Crippen LogP contribution in [0.15, 0.2) is 27.3 Å². The first-order chi connectivity index (χ1) is 31.0. The van der Waals surface area contributed by atoms with E-state index >= 15 is 0 Å². The van der Waals surface area contributed by atoms with E-state index in [-0.39, 0.29) is 71.5 Å². The molecule has 64 heavy (non-hydrogen) atoms. The van der Waals surface area contributed by atoms with Gasteiger partial charge in [-0.15, -0.1) is 0 Å². The van der Waals surface area contributed by atoms with Gasteiger partial charge in [-0.25, -0.2) is 0 Å². The third-order valence-corrected chi connectivity index (χ3v) is 12.7. The minimum absolute atomic E-state index is 0.0385. The van der Waals surface area contributed by atoms with E-state index < -0.39 is 22.5 Å². The van der Waals surface area contributed by atoms with E-state index in [0.717, 1.165) is 26.2 Å². The maximum atomic E-state index is 14.7. The number of carbonyl (C=O) groups is 3. The zero-order valence-electron chi connectivity index (χ0n) is 37.0. The number of amides is 2. The molecule has 2 saturated heterocycles. The molecule has 1 atom stereocenters. The van der Waals surface area contributed by atoms with Crippen molar-refractivity contribution in [2.75, 3.05) is 124 Å². The fourth-order valence-corrected chi connectivity index (χ4v) is 9.78. The van der Waals surface area contributed by atoms with E-state index in [9.17, 15) is 29.1 Å². The maximum absolute atomic E-state index is 14.7. The molecule has 2 heterocycles. The van der Waals surface area contributed by atoms with Crippen LogP contribution in [0.25, 0.3) is 49.2 Å². The molecule has 0 bridgehead atoms. The van der Waals surface area contributed by atoms with Gasteiger partial charge in [-0.2, -0.15) is 0 Å². The lowest BCUT2D eigenvalue weighted by atomic mass is 9.80. The smallest absolute Gasteiger partial charge is 0.221 e. The summed E-state index contributed by atoms with van der Waals surface area (Å²) in [6, 6.07) is 2.66. The monoisotopic (exact) mass is 880 g/mol. The number of ketones is 1. The van der Waals surface area contributed by atoms with Crippen LogP contribution in [-0.2, 0) is 23.9 Å². The number of benzene rings is 5. The fourth-order valence-electron chi connectivity index (χ4n) is 9.78. The minimum Gasteiger partial charge on any atom is -0.504 e. The van der Waals surface area contributed by atoms with Crippen molar-refractivity contribution < 1.29 is 43.2 Å². The average molecular weight is 881 g/mol. The van der Waals surface area contributed by atoms with E-state index in [1.165, 1.54) is 40.4 Å². The van der Waals surface area contributed by atoms with E-state index in [1.54, 1.807) is 0 Å². The molecule has 17 heteroatoms. The molecule has 17 nitrogen and oxygen atoms in total. The summed E-state index contributed by atoms with van der Waals surface area (Å²) >= 11 is 0. The summed E-state index contributed by atoms with van der Waals surface area (Å²) in [5.41, 5.74) is 1.38. The number of fused-ring (bicyclic) bond motifs is 1. The van der Waals surface area contributed by atoms with Crippen LogP contribution in [0.1, 0.15) is 43.7 Å². The Labute approximate surface area is 369 Å². The van der Waals surface area contributed by atoms with Gasteiger partial charge in [-0.3, -0.25) is 33.8 Å². The van der Waals surface area contributed by atoms with Crippen molar-refractivity contribution in [3.8, 4) is 23.0 Å². The number of hydrogen-bond donors (Lipinski definition) is 5. The van der Waals surface area contributed by atoms with Crippen molar-refractivity contribution in [2.24, 2.45) is 0 Å².